The van der Waals surface area contributed by atoms with Crippen LogP contribution >= 0.6 is 15.9 Å². The van der Waals surface area contributed by atoms with Crippen LogP contribution in [0.4, 0.5) is 10.1 Å². The molecule has 6 heteroatoms. The molecule has 22 heavy (non-hydrogen) atoms. The Labute approximate surface area is 135 Å². The number of amides is 1. The Balaban J connectivity index is 1.72. The maximum Gasteiger partial charge on any atom is 0.228 e. The second-order valence-electron chi connectivity index (χ2n) is 4.83. The average Bonchev–Trinajstić information content (AvgIpc) is 2.50. The first-order valence-electron chi connectivity index (χ1n) is 6.75. The van der Waals surface area contributed by atoms with Gasteiger partial charge in [-0.1, -0.05) is 12.1 Å². The van der Waals surface area contributed by atoms with Crippen molar-refractivity contribution < 1.29 is 18.7 Å². The van der Waals surface area contributed by atoms with Crippen molar-refractivity contribution in [3.05, 3.63) is 52.3 Å². The third kappa shape index (κ3) is 3.39. The molecule has 1 N–H and O–H groups in total. The van der Waals surface area contributed by atoms with E-state index in [4.69, 9.17) is 9.47 Å². The molecule has 4 nitrogen and oxygen atoms in total. The molecule has 0 aliphatic carbocycles. The third-order valence-electron chi connectivity index (χ3n) is 3.18. The van der Waals surface area contributed by atoms with E-state index in [9.17, 15) is 9.18 Å². The van der Waals surface area contributed by atoms with Crippen LogP contribution in [0.5, 0.6) is 11.5 Å². The molecular formula is C16H13BrFNO3. The van der Waals surface area contributed by atoms with Gasteiger partial charge >= 0.3 is 0 Å². The second kappa shape index (κ2) is 6.36. The highest BCUT2D eigenvalue weighted by Crippen LogP contribution is 2.38. The molecule has 2 aromatic carbocycles. The van der Waals surface area contributed by atoms with Gasteiger partial charge in [-0.2, -0.15) is 0 Å². The largest absolute Gasteiger partial charge is 0.486 e. The van der Waals surface area contributed by atoms with Crippen LogP contribution in [0.25, 0.3) is 0 Å². The number of benzene rings is 2. The summed E-state index contributed by atoms with van der Waals surface area (Å²) in [6, 6.07) is 9.34. The van der Waals surface area contributed by atoms with Crippen LogP contribution in [0, 0.1) is 5.82 Å². The quantitative estimate of drug-likeness (QED) is 0.904. The van der Waals surface area contributed by atoms with Gasteiger partial charge in [0.1, 0.15) is 19.0 Å². The highest BCUT2D eigenvalue weighted by atomic mass is 79.9. The van der Waals surface area contributed by atoms with E-state index in [0.29, 0.717) is 34.9 Å². The zero-order valence-corrected chi connectivity index (χ0v) is 13.2. The lowest BCUT2D eigenvalue weighted by atomic mass is 10.1. The molecule has 0 aromatic heterocycles. The smallest absolute Gasteiger partial charge is 0.228 e. The predicted molar refractivity (Wildman–Crippen MR) is 83.9 cm³/mol. The SMILES string of the molecule is O=C(Cc1ccc(F)cc1)Nc1cc2c(cc1Br)OCCO2. The molecule has 1 amide bonds. The van der Waals surface area contributed by atoms with Gasteiger partial charge in [0, 0.05) is 16.6 Å². The van der Waals surface area contributed by atoms with Gasteiger partial charge in [0.05, 0.1) is 12.1 Å². The number of nitrogens with one attached hydrogen (secondary N) is 1. The summed E-state index contributed by atoms with van der Waals surface area (Å²) in [5.74, 6) is 0.740. The van der Waals surface area contributed by atoms with Crippen molar-refractivity contribution in [3.63, 3.8) is 0 Å². The lowest BCUT2D eigenvalue weighted by Gasteiger charge is -2.20. The lowest BCUT2D eigenvalue weighted by molar-refractivity contribution is -0.115. The maximum absolute atomic E-state index is 12.9. The lowest BCUT2D eigenvalue weighted by Crippen LogP contribution is -2.17. The van der Waals surface area contributed by atoms with Crippen molar-refractivity contribution in [2.75, 3.05) is 18.5 Å². The minimum atomic E-state index is -0.321. The van der Waals surface area contributed by atoms with E-state index in [2.05, 4.69) is 21.2 Å². The summed E-state index contributed by atoms with van der Waals surface area (Å²) in [5, 5.41) is 2.81. The second-order valence-corrected chi connectivity index (χ2v) is 5.68. The molecule has 114 valence electrons. The highest BCUT2D eigenvalue weighted by molar-refractivity contribution is 9.10. The summed E-state index contributed by atoms with van der Waals surface area (Å²) in [6.07, 6.45) is 0.168. The van der Waals surface area contributed by atoms with Gasteiger partial charge in [0.25, 0.3) is 0 Å². The maximum atomic E-state index is 12.9. The van der Waals surface area contributed by atoms with E-state index in [1.54, 1.807) is 24.3 Å². The monoisotopic (exact) mass is 365 g/mol. The first kappa shape index (κ1) is 14.8. The fourth-order valence-electron chi connectivity index (χ4n) is 2.14. The van der Waals surface area contributed by atoms with Gasteiger partial charge in [0.2, 0.25) is 5.91 Å². The molecule has 0 saturated carbocycles. The van der Waals surface area contributed by atoms with Crippen molar-refractivity contribution in [2.45, 2.75) is 6.42 Å². The van der Waals surface area contributed by atoms with Crippen molar-refractivity contribution in [3.8, 4) is 11.5 Å². The van der Waals surface area contributed by atoms with Crippen LogP contribution < -0.4 is 14.8 Å². The van der Waals surface area contributed by atoms with Gasteiger partial charge in [-0.3, -0.25) is 4.79 Å². The number of halogens is 2. The summed E-state index contributed by atoms with van der Waals surface area (Å²) in [4.78, 5) is 12.1. The average molecular weight is 366 g/mol. The van der Waals surface area contributed by atoms with Gasteiger partial charge in [0.15, 0.2) is 11.5 Å². The van der Waals surface area contributed by atoms with E-state index < -0.39 is 0 Å². The van der Waals surface area contributed by atoms with Crippen molar-refractivity contribution in [2.24, 2.45) is 0 Å². The molecule has 0 radical (unpaired) electrons. The van der Waals surface area contributed by atoms with Crippen LogP contribution in [-0.2, 0) is 11.2 Å². The Kier molecular flexibility index (Phi) is 4.29. The highest BCUT2D eigenvalue weighted by Gasteiger charge is 2.16. The number of carbonyl (C=O) groups is 1. The standard InChI is InChI=1S/C16H13BrFNO3/c17-12-8-14-15(22-6-5-21-14)9-13(12)19-16(20)7-10-1-3-11(18)4-2-10/h1-4,8-9H,5-7H2,(H,19,20). The Bertz CT molecular complexity index is 703. The fraction of sp³-hybridized carbons (Fsp3) is 0.188. The minimum Gasteiger partial charge on any atom is -0.486 e. The molecule has 1 heterocycles. The van der Waals surface area contributed by atoms with Crippen molar-refractivity contribution in [1.29, 1.82) is 0 Å². The fourth-order valence-corrected chi connectivity index (χ4v) is 2.56. The molecule has 0 bridgehead atoms. The molecule has 1 aliphatic heterocycles. The van der Waals surface area contributed by atoms with E-state index in [-0.39, 0.29) is 18.1 Å². The summed E-state index contributed by atoms with van der Waals surface area (Å²) in [5.41, 5.74) is 1.35. The number of anilines is 1. The molecule has 0 fully saturated rings. The summed E-state index contributed by atoms with van der Waals surface area (Å²) in [6.45, 7) is 0.993. The molecule has 0 atom stereocenters. The van der Waals surface area contributed by atoms with E-state index >= 15 is 0 Å². The van der Waals surface area contributed by atoms with Crippen LogP contribution in [0.15, 0.2) is 40.9 Å². The van der Waals surface area contributed by atoms with E-state index in [1.807, 2.05) is 0 Å². The molecule has 0 saturated heterocycles. The topological polar surface area (TPSA) is 47.6 Å². The van der Waals surface area contributed by atoms with Gasteiger partial charge < -0.3 is 14.8 Å². The summed E-state index contributed by atoms with van der Waals surface area (Å²) in [7, 11) is 0. The summed E-state index contributed by atoms with van der Waals surface area (Å²) >= 11 is 3.40. The number of fused-ring (bicyclic) bond motifs is 1. The first-order chi connectivity index (χ1) is 10.6. The Morgan fingerprint density at radius 1 is 1.14 bits per heavy atom. The van der Waals surface area contributed by atoms with Crippen LogP contribution in [-0.4, -0.2) is 19.1 Å². The van der Waals surface area contributed by atoms with E-state index in [0.717, 1.165) is 5.56 Å². The number of hydrogen-bond donors (Lipinski definition) is 1. The number of rotatable bonds is 3. The number of ether oxygens (including phenoxy) is 2. The Morgan fingerprint density at radius 3 is 2.45 bits per heavy atom. The normalized spacial score (nSPS) is 12.8. The molecule has 2 aromatic rings. The molecular weight excluding hydrogens is 353 g/mol. The Morgan fingerprint density at radius 2 is 1.77 bits per heavy atom. The van der Waals surface area contributed by atoms with Crippen LogP contribution in [0.3, 0.4) is 0 Å². The minimum absolute atomic E-state index is 0.168. The predicted octanol–water partition coefficient (Wildman–Crippen LogP) is 3.54. The van der Waals surface area contributed by atoms with Crippen molar-refractivity contribution in [1.82, 2.24) is 0 Å². The van der Waals surface area contributed by atoms with Crippen LogP contribution in [0.1, 0.15) is 5.56 Å². The van der Waals surface area contributed by atoms with Gasteiger partial charge in [-0.25, -0.2) is 4.39 Å². The molecule has 3 rings (SSSR count). The zero-order chi connectivity index (χ0) is 15.5. The van der Waals surface area contributed by atoms with Crippen molar-refractivity contribution >= 4 is 27.5 Å². The van der Waals surface area contributed by atoms with Gasteiger partial charge in [-0.05, 0) is 33.6 Å². The molecule has 0 unspecified atom stereocenters. The first-order valence-corrected chi connectivity index (χ1v) is 7.54. The Hall–Kier alpha value is -2.08. The van der Waals surface area contributed by atoms with Gasteiger partial charge in [-0.15, -0.1) is 0 Å². The summed E-state index contributed by atoms with van der Waals surface area (Å²) < 4.78 is 24.5. The molecule has 1 aliphatic rings. The van der Waals surface area contributed by atoms with E-state index in [1.165, 1.54) is 12.1 Å². The zero-order valence-electron chi connectivity index (χ0n) is 11.6. The molecule has 0 spiro atoms. The number of hydrogen-bond acceptors (Lipinski definition) is 3. The third-order valence-corrected chi connectivity index (χ3v) is 3.84. The van der Waals surface area contributed by atoms with Crippen LogP contribution in [0.2, 0.25) is 0 Å². The number of carbonyl (C=O) groups excluding carboxylic acids is 1.